The minimum Gasteiger partial charge on any atom is -0.497 e. The molecule has 0 spiro atoms. The van der Waals surface area contributed by atoms with Gasteiger partial charge in [0.05, 0.1) is 7.11 Å². The maximum atomic E-state index is 12.5. The van der Waals surface area contributed by atoms with Gasteiger partial charge < -0.3 is 19.3 Å². The van der Waals surface area contributed by atoms with E-state index in [4.69, 9.17) is 9.47 Å². The number of carbonyl (C=O) groups excluding carboxylic acids is 1. The number of hydrogen-bond donors (Lipinski definition) is 0. The van der Waals surface area contributed by atoms with E-state index in [-0.39, 0.29) is 12.5 Å². The maximum Gasteiger partial charge on any atom is 0.260 e. The number of aryl methyl sites for hydroxylation is 1. The first-order valence-corrected chi connectivity index (χ1v) is 8.95. The Bertz CT molecular complexity index is 965. The van der Waals surface area contributed by atoms with Crippen LogP contribution in [0.2, 0.25) is 0 Å². The Morgan fingerprint density at radius 2 is 1.79 bits per heavy atom. The summed E-state index contributed by atoms with van der Waals surface area (Å²) in [5, 5.41) is 8.17. The van der Waals surface area contributed by atoms with Crippen molar-refractivity contribution in [2.24, 2.45) is 7.05 Å². The summed E-state index contributed by atoms with van der Waals surface area (Å²) >= 11 is 0. The highest BCUT2D eigenvalue weighted by Gasteiger charge is 2.24. The number of rotatable bonds is 5. The van der Waals surface area contributed by atoms with Crippen LogP contribution < -0.4 is 14.4 Å². The van der Waals surface area contributed by atoms with Crippen molar-refractivity contribution in [2.75, 3.05) is 44.8 Å². The number of ether oxygens (including phenoxy) is 2. The summed E-state index contributed by atoms with van der Waals surface area (Å²) in [6.45, 7) is 2.52. The zero-order chi connectivity index (χ0) is 19.5. The SMILES string of the molecule is COc1ccc(OCC(=O)N2CCN(c3ncnc4c3nnn4C)CC2)cc1. The lowest BCUT2D eigenvalue weighted by molar-refractivity contribution is -0.133. The van der Waals surface area contributed by atoms with Gasteiger partial charge >= 0.3 is 0 Å². The van der Waals surface area contributed by atoms with Gasteiger partial charge in [-0.2, -0.15) is 0 Å². The zero-order valence-corrected chi connectivity index (χ0v) is 15.8. The molecule has 1 amide bonds. The fraction of sp³-hybridized carbons (Fsp3) is 0.389. The molecule has 0 atom stereocenters. The van der Waals surface area contributed by atoms with Crippen LogP contribution in [0.25, 0.3) is 11.2 Å². The first kappa shape index (κ1) is 18.0. The van der Waals surface area contributed by atoms with E-state index in [1.807, 2.05) is 0 Å². The number of anilines is 1. The van der Waals surface area contributed by atoms with Crippen LogP contribution in [0, 0.1) is 0 Å². The van der Waals surface area contributed by atoms with Gasteiger partial charge in [-0.05, 0) is 24.3 Å². The number of fused-ring (bicyclic) bond motifs is 1. The number of piperazine rings is 1. The molecule has 28 heavy (non-hydrogen) atoms. The summed E-state index contributed by atoms with van der Waals surface area (Å²) in [5.74, 6) is 2.10. The topological polar surface area (TPSA) is 98.5 Å². The van der Waals surface area contributed by atoms with E-state index in [0.29, 0.717) is 43.1 Å². The van der Waals surface area contributed by atoms with E-state index >= 15 is 0 Å². The molecule has 1 fully saturated rings. The number of aromatic nitrogens is 5. The van der Waals surface area contributed by atoms with Crippen molar-refractivity contribution >= 4 is 22.9 Å². The molecule has 0 aliphatic carbocycles. The Kier molecular flexibility index (Phi) is 4.92. The number of nitrogens with zero attached hydrogens (tertiary/aromatic N) is 7. The smallest absolute Gasteiger partial charge is 0.260 e. The normalized spacial score (nSPS) is 14.4. The molecule has 3 heterocycles. The van der Waals surface area contributed by atoms with Crippen LogP contribution in [0.5, 0.6) is 11.5 Å². The third-order valence-electron chi connectivity index (χ3n) is 4.72. The predicted octanol–water partition coefficient (Wildman–Crippen LogP) is 0.494. The van der Waals surface area contributed by atoms with E-state index in [2.05, 4.69) is 25.2 Å². The van der Waals surface area contributed by atoms with Gasteiger partial charge in [0.2, 0.25) is 0 Å². The Morgan fingerprint density at radius 1 is 1.07 bits per heavy atom. The summed E-state index contributed by atoms with van der Waals surface area (Å²) in [6, 6.07) is 7.16. The van der Waals surface area contributed by atoms with Crippen LogP contribution in [-0.4, -0.2) is 75.7 Å². The first-order chi connectivity index (χ1) is 13.7. The molecular weight excluding hydrogens is 362 g/mol. The average Bonchev–Trinajstić information content (AvgIpc) is 3.13. The molecule has 0 N–H and O–H groups in total. The Balaban J connectivity index is 1.33. The van der Waals surface area contributed by atoms with Gasteiger partial charge in [0.25, 0.3) is 5.91 Å². The maximum absolute atomic E-state index is 12.5. The lowest BCUT2D eigenvalue weighted by atomic mass is 10.3. The largest absolute Gasteiger partial charge is 0.497 e. The van der Waals surface area contributed by atoms with Crippen molar-refractivity contribution in [2.45, 2.75) is 0 Å². The van der Waals surface area contributed by atoms with Gasteiger partial charge in [0.1, 0.15) is 17.8 Å². The molecule has 1 saturated heterocycles. The second kappa shape index (κ2) is 7.67. The Labute approximate surface area is 161 Å². The lowest BCUT2D eigenvalue weighted by Crippen LogP contribution is -2.50. The van der Waals surface area contributed by atoms with Crippen LogP contribution in [0.1, 0.15) is 0 Å². The fourth-order valence-corrected chi connectivity index (χ4v) is 3.15. The van der Waals surface area contributed by atoms with Crippen molar-refractivity contribution in [1.82, 2.24) is 29.9 Å². The molecule has 0 bridgehead atoms. The standard InChI is InChI=1S/C18H21N7O3/c1-23-17-16(21-22-23)18(20-12-19-17)25-9-7-24(8-10-25)15(26)11-28-14-5-3-13(27-2)4-6-14/h3-6,12H,7-11H2,1-2H3. The summed E-state index contributed by atoms with van der Waals surface area (Å²) < 4.78 is 12.3. The van der Waals surface area contributed by atoms with Gasteiger partial charge in [0.15, 0.2) is 23.6 Å². The van der Waals surface area contributed by atoms with Gasteiger partial charge in [-0.1, -0.05) is 5.21 Å². The van der Waals surface area contributed by atoms with Gasteiger partial charge in [0, 0.05) is 33.2 Å². The van der Waals surface area contributed by atoms with E-state index in [0.717, 1.165) is 11.6 Å². The van der Waals surface area contributed by atoms with Crippen molar-refractivity contribution in [3.8, 4) is 11.5 Å². The van der Waals surface area contributed by atoms with E-state index in [1.165, 1.54) is 6.33 Å². The van der Waals surface area contributed by atoms with Gasteiger partial charge in [-0.15, -0.1) is 5.10 Å². The van der Waals surface area contributed by atoms with Crippen LogP contribution >= 0.6 is 0 Å². The van der Waals surface area contributed by atoms with Crippen LogP contribution in [-0.2, 0) is 11.8 Å². The number of methoxy groups -OCH3 is 1. The van der Waals surface area contributed by atoms with E-state index in [9.17, 15) is 4.79 Å². The minimum atomic E-state index is -0.0391. The molecule has 0 saturated carbocycles. The molecular formula is C18H21N7O3. The molecule has 0 unspecified atom stereocenters. The van der Waals surface area contributed by atoms with Crippen LogP contribution in [0.3, 0.4) is 0 Å². The summed E-state index contributed by atoms with van der Waals surface area (Å²) in [4.78, 5) is 24.9. The molecule has 1 aliphatic heterocycles. The molecule has 2 aromatic heterocycles. The first-order valence-electron chi connectivity index (χ1n) is 8.95. The second-order valence-corrected chi connectivity index (χ2v) is 6.41. The lowest BCUT2D eigenvalue weighted by Gasteiger charge is -2.35. The molecule has 0 radical (unpaired) electrons. The third-order valence-corrected chi connectivity index (χ3v) is 4.72. The van der Waals surface area contributed by atoms with Gasteiger partial charge in [-0.25, -0.2) is 14.6 Å². The van der Waals surface area contributed by atoms with E-state index < -0.39 is 0 Å². The summed E-state index contributed by atoms with van der Waals surface area (Å²) in [6.07, 6.45) is 1.52. The van der Waals surface area contributed by atoms with Gasteiger partial charge in [-0.3, -0.25) is 4.79 Å². The van der Waals surface area contributed by atoms with Crippen molar-refractivity contribution < 1.29 is 14.3 Å². The summed E-state index contributed by atoms with van der Waals surface area (Å²) in [5.41, 5.74) is 1.36. The summed E-state index contributed by atoms with van der Waals surface area (Å²) in [7, 11) is 3.40. The fourth-order valence-electron chi connectivity index (χ4n) is 3.15. The van der Waals surface area contributed by atoms with Crippen LogP contribution in [0.15, 0.2) is 30.6 Å². The molecule has 1 aliphatic rings. The highest BCUT2D eigenvalue weighted by atomic mass is 16.5. The number of carbonyl (C=O) groups is 1. The molecule has 4 rings (SSSR count). The molecule has 10 nitrogen and oxygen atoms in total. The van der Waals surface area contributed by atoms with Crippen molar-refractivity contribution in [1.29, 1.82) is 0 Å². The van der Waals surface area contributed by atoms with Crippen LogP contribution in [0.4, 0.5) is 5.82 Å². The number of benzene rings is 1. The second-order valence-electron chi connectivity index (χ2n) is 6.41. The monoisotopic (exact) mass is 383 g/mol. The van der Waals surface area contributed by atoms with Crippen molar-refractivity contribution in [3.63, 3.8) is 0 Å². The number of amides is 1. The molecule has 3 aromatic rings. The molecule has 146 valence electrons. The molecule has 10 heteroatoms. The Hall–Kier alpha value is -3.43. The third kappa shape index (κ3) is 3.53. The van der Waals surface area contributed by atoms with Crippen molar-refractivity contribution in [3.05, 3.63) is 30.6 Å². The quantitative estimate of drug-likeness (QED) is 0.628. The van der Waals surface area contributed by atoms with E-state index in [1.54, 1.807) is 48.0 Å². The average molecular weight is 383 g/mol. The molecule has 1 aromatic carbocycles. The minimum absolute atomic E-state index is 0.00818. The number of hydrogen-bond acceptors (Lipinski definition) is 8. The Morgan fingerprint density at radius 3 is 2.50 bits per heavy atom. The highest BCUT2D eigenvalue weighted by Crippen LogP contribution is 2.21. The highest BCUT2D eigenvalue weighted by molar-refractivity contribution is 5.83. The zero-order valence-electron chi connectivity index (χ0n) is 15.8. The predicted molar refractivity (Wildman–Crippen MR) is 101 cm³/mol.